The summed E-state index contributed by atoms with van der Waals surface area (Å²) in [6, 6.07) is 10.6. The van der Waals surface area contributed by atoms with E-state index in [1.807, 2.05) is 37.3 Å². The highest BCUT2D eigenvalue weighted by molar-refractivity contribution is 5.92. The molecule has 3 amide bonds. The van der Waals surface area contributed by atoms with Gasteiger partial charge in [-0.1, -0.05) is 35.5 Å². The molecule has 2 aliphatic rings. The highest BCUT2D eigenvalue weighted by Crippen LogP contribution is 2.23. The van der Waals surface area contributed by atoms with Crippen LogP contribution in [0.4, 0.5) is 0 Å². The van der Waals surface area contributed by atoms with Crippen LogP contribution in [0.2, 0.25) is 0 Å². The summed E-state index contributed by atoms with van der Waals surface area (Å²) in [6.07, 6.45) is 3.63. The summed E-state index contributed by atoms with van der Waals surface area (Å²) in [4.78, 5) is 48.4. The lowest BCUT2D eigenvalue weighted by Crippen LogP contribution is -2.53. The largest absolute Gasteiger partial charge is 0.361 e. The maximum absolute atomic E-state index is 13.7. The summed E-state index contributed by atoms with van der Waals surface area (Å²) >= 11 is 0. The molecule has 3 aromatic rings. The minimum absolute atomic E-state index is 0.0600. The lowest BCUT2D eigenvalue weighted by molar-refractivity contribution is -0.142. The monoisotopic (exact) mass is 533 g/mol. The Labute approximate surface area is 227 Å². The van der Waals surface area contributed by atoms with Gasteiger partial charge in [-0.2, -0.15) is 5.10 Å². The Balaban J connectivity index is 1.49. The van der Waals surface area contributed by atoms with Crippen molar-refractivity contribution in [3.63, 3.8) is 0 Å². The van der Waals surface area contributed by atoms with E-state index in [1.165, 1.54) is 0 Å². The van der Waals surface area contributed by atoms with E-state index in [9.17, 15) is 14.4 Å². The van der Waals surface area contributed by atoms with Gasteiger partial charge in [-0.05, 0) is 51.5 Å². The van der Waals surface area contributed by atoms with E-state index in [2.05, 4.69) is 15.6 Å². The van der Waals surface area contributed by atoms with E-state index in [-0.39, 0.29) is 29.8 Å². The van der Waals surface area contributed by atoms with Gasteiger partial charge in [0.1, 0.15) is 23.5 Å². The van der Waals surface area contributed by atoms with Crippen LogP contribution in [0.3, 0.4) is 0 Å². The zero-order chi connectivity index (χ0) is 27.4. The minimum atomic E-state index is -0.527. The van der Waals surface area contributed by atoms with Crippen molar-refractivity contribution < 1.29 is 18.9 Å². The third-order valence-electron chi connectivity index (χ3n) is 7.38. The van der Waals surface area contributed by atoms with Crippen molar-refractivity contribution in [2.45, 2.75) is 71.0 Å². The molecule has 0 aliphatic carbocycles. The Morgan fingerprint density at radius 1 is 1.05 bits per heavy atom. The number of fused-ring (bicyclic) bond motifs is 2. The summed E-state index contributed by atoms with van der Waals surface area (Å²) in [6.45, 7) is 5.20. The first-order chi connectivity index (χ1) is 18.9. The zero-order valence-electron chi connectivity index (χ0n) is 22.5. The van der Waals surface area contributed by atoms with Crippen molar-refractivity contribution in [2.24, 2.45) is 0 Å². The molecular weight excluding hydrogens is 498 g/mol. The maximum atomic E-state index is 13.7. The van der Waals surface area contributed by atoms with E-state index >= 15 is 0 Å². The molecule has 1 aromatic carbocycles. The van der Waals surface area contributed by atoms with Crippen LogP contribution in [0, 0.1) is 13.8 Å². The second-order valence-electron chi connectivity index (χ2n) is 10.3. The molecule has 39 heavy (non-hydrogen) atoms. The molecule has 4 heterocycles. The number of hydrogen-bond acceptors (Lipinski definition) is 7. The number of benzene rings is 1. The van der Waals surface area contributed by atoms with Gasteiger partial charge in [-0.25, -0.2) is 9.67 Å². The molecule has 0 bridgehead atoms. The van der Waals surface area contributed by atoms with Crippen LogP contribution < -0.4 is 5.32 Å². The average Bonchev–Trinajstić information content (AvgIpc) is 3.54. The maximum Gasteiger partial charge on any atom is 0.276 e. The number of rotatable bonds is 3. The fraction of sp³-hybridized carbons (Fsp3) is 0.500. The second-order valence-corrected chi connectivity index (χ2v) is 10.3. The van der Waals surface area contributed by atoms with Crippen molar-refractivity contribution in [3.8, 4) is 0 Å². The van der Waals surface area contributed by atoms with E-state index in [0.29, 0.717) is 62.9 Å². The van der Waals surface area contributed by atoms with Crippen molar-refractivity contribution in [2.75, 3.05) is 19.6 Å². The number of nitrogens with zero attached hydrogens (tertiary/aromatic N) is 6. The molecule has 11 nitrogen and oxygen atoms in total. The molecule has 0 spiro atoms. The minimum Gasteiger partial charge on any atom is -0.361 e. The lowest BCUT2D eigenvalue weighted by atomic mass is 9.99. The average molecular weight is 534 g/mol. The van der Waals surface area contributed by atoms with E-state index in [1.54, 1.807) is 27.5 Å². The fourth-order valence-electron chi connectivity index (χ4n) is 5.45. The summed E-state index contributed by atoms with van der Waals surface area (Å²) in [5.41, 5.74) is 1.28. The number of hydrogen-bond donors (Lipinski definition) is 1. The van der Waals surface area contributed by atoms with Crippen molar-refractivity contribution in [3.05, 3.63) is 65.1 Å². The predicted molar refractivity (Wildman–Crippen MR) is 142 cm³/mol. The fourth-order valence-corrected chi connectivity index (χ4v) is 5.45. The SMILES string of the molecule is Cc1nc2n(n1)CCN(C(=O)c1cc(C)on1)CCCC(=O)N1CCCC[C@H]1C(=O)N[C@@H]2Cc1ccccc1. The molecule has 1 saturated heterocycles. The number of carbonyl (C=O) groups excluding carboxylic acids is 3. The molecule has 5 rings (SSSR count). The van der Waals surface area contributed by atoms with Crippen LogP contribution in [0.15, 0.2) is 40.9 Å². The smallest absolute Gasteiger partial charge is 0.276 e. The number of carbonyl (C=O) groups is 3. The molecule has 0 saturated carbocycles. The Morgan fingerprint density at radius 2 is 1.87 bits per heavy atom. The van der Waals surface area contributed by atoms with E-state index in [4.69, 9.17) is 9.51 Å². The Bertz CT molecular complexity index is 1320. The quantitative estimate of drug-likeness (QED) is 0.548. The summed E-state index contributed by atoms with van der Waals surface area (Å²) in [5.74, 6) is 1.29. The highest BCUT2D eigenvalue weighted by atomic mass is 16.5. The van der Waals surface area contributed by atoms with E-state index in [0.717, 1.165) is 18.4 Å². The summed E-state index contributed by atoms with van der Waals surface area (Å²) < 4.78 is 6.92. The van der Waals surface area contributed by atoms with Gasteiger partial charge in [-0.3, -0.25) is 14.4 Å². The first kappa shape index (κ1) is 26.6. The van der Waals surface area contributed by atoms with Gasteiger partial charge in [0.05, 0.1) is 12.6 Å². The lowest BCUT2D eigenvalue weighted by Gasteiger charge is -2.36. The van der Waals surface area contributed by atoms with Gasteiger partial charge in [0.25, 0.3) is 5.91 Å². The normalized spacial score (nSPS) is 21.1. The third kappa shape index (κ3) is 6.18. The standard InChI is InChI=1S/C28H35N7O4/c1-19-17-23(32-39-19)28(38)33-13-8-12-25(36)34-14-7-6-11-24(34)27(37)30-22(18-21-9-4-3-5-10-21)26-29-20(2)31-35(26)16-15-33/h3-5,9-10,17,22,24H,6-8,11-16,18H2,1-2H3,(H,30,37)/t22-,24+/m1/s1. The van der Waals surface area contributed by atoms with Crippen LogP contribution in [-0.2, 0) is 22.6 Å². The van der Waals surface area contributed by atoms with E-state index < -0.39 is 12.1 Å². The summed E-state index contributed by atoms with van der Waals surface area (Å²) in [5, 5.41) is 11.7. The van der Waals surface area contributed by atoms with Crippen molar-refractivity contribution >= 4 is 17.7 Å². The first-order valence-electron chi connectivity index (χ1n) is 13.7. The number of aromatic nitrogens is 4. The molecular formula is C28H35N7O4. The van der Waals surface area contributed by atoms with Crippen LogP contribution in [-0.4, -0.2) is 73.1 Å². The Kier molecular flexibility index (Phi) is 8.04. The molecule has 2 atom stereocenters. The van der Waals surface area contributed by atoms with Crippen LogP contribution in [0.25, 0.3) is 0 Å². The zero-order valence-corrected chi connectivity index (χ0v) is 22.5. The predicted octanol–water partition coefficient (Wildman–Crippen LogP) is 2.60. The number of aryl methyl sites for hydroxylation is 2. The second kappa shape index (κ2) is 11.8. The number of piperidine rings is 1. The van der Waals surface area contributed by atoms with Gasteiger partial charge >= 0.3 is 0 Å². The van der Waals surface area contributed by atoms with Gasteiger partial charge in [0.15, 0.2) is 5.69 Å². The van der Waals surface area contributed by atoms with Gasteiger partial charge < -0.3 is 19.6 Å². The Morgan fingerprint density at radius 3 is 2.64 bits per heavy atom. The molecule has 2 aliphatic heterocycles. The summed E-state index contributed by atoms with van der Waals surface area (Å²) in [7, 11) is 0. The molecule has 1 fully saturated rings. The van der Waals surface area contributed by atoms with Crippen molar-refractivity contribution in [1.29, 1.82) is 0 Å². The molecule has 0 unspecified atom stereocenters. The topological polar surface area (TPSA) is 126 Å². The highest BCUT2D eigenvalue weighted by Gasteiger charge is 2.34. The van der Waals surface area contributed by atoms with Crippen LogP contribution >= 0.6 is 0 Å². The Hall–Kier alpha value is -4.02. The molecule has 1 N–H and O–H groups in total. The molecule has 2 aromatic heterocycles. The van der Waals surface area contributed by atoms with Crippen molar-refractivity contribution in [1.82, 2.24) is 35.0 Å². The molecule has 206 valence electrons. The number of amides is 3. The van der Waals surface area contributed by atoms with Gasteiger partial charge in [0.2, 0.25) is 11.8 Å². The van der Waals surface area contributed by atoms with Crippen LogP contribution in [0.1, 0.15) is 71.6 Å². The molecule has 11 heteroatoms. The number of nitrogens with one attached hydrogen (secondary N) is 1. The van der Waals surface area contributed by atoms with Crippen LogP contribution in [0.5, 0.6) is 0 Å². The third-order valence-corrected chi connectivity index (χ3v) is 7.38. The molecule has 0 radical (unpaired) electrons. The van der Waals surface area contributed by atoms with Gasteiger partial charge in [0, 0.05) is 32.1 Å². The van der Waals surface area contributed by atoms with Gasteiger partial charge in [-0.15, -0.1) is 0 Å². The first-order valence-corrected chi connectivity index (χ1v) is 13.7.